The van der Waals surface area contributed by atoms with Gasteiger partial charge in [-0.3, -0.25) is 14.7 Å². The van der Waals surface area contributed by atoms with Crippen LogP contribution in [0.5, 0.6) is 5.75 Å². The van der Waals surface area contributed by atoms with E-state index in [1.807, 2.05) is 43.3 Å². The van der Waals surface area contributed by atoms with Crippen LogP contribution in [0.3, 0.4) is 0 Å². The molecule has 0 amide bonds. The van der Waals surface area contributed by atoms with Gasteiger partial charge in [-0.25, -0.2) is 0 Å². The molecule has 1 aliphatic heterocycles. The van der Waals surface area contributed by atoms with Gasteiger partial charge in [-0.2, -0.15) is 0 Å². The van der Waals surface area contributed by atoms with Crippen LogP contribution in [0, 0.1) is 6.92 Å². The molecule has 5 heteroatoms. The number of pyridine rings is 1. The lowest BCUT2D eigenvalue weighted by atomic mass is 9.92. The van der Waals surface area contributed by atoms with Crippen molar-refractivity contribution in [3.05, 3.63) is 59.4 Å². The molecule has 2 atom stereocenters. The minimum Gasteiger partial charge on any atom is -0.496 e. The highest BCUT2D eigenvalue weighted by Gasteiger charge is 2.37. The summed E-state index contributed by atoms with van der Waals surface area (Å²) in [6, 6.07) is 11.0. The fourth-order valence-corrected chi connectivity index (χ4v) is 3.69. The molecule has 0 bridgehead atoms. The third-order valence-corrected chi connectivity index (χ3v) is 4.90. The molecule has 0 saturated carbocycles. The average Bonchev–Trinajstić information content (AvgIpc) is 2.64. The fraction of sp³-hybridized carbons (Fsp3) is 0.400. The van der Waals surface area contributed by atoms with Crippen LogP contribution in [0.2, 0.25) is 0 Å². The second-order valence-corrected chi connectivity index (χ2v) is 6.44. The number of methoxy groups -OCH3 is 1. The van der Waals surface area contributed by atoms with Crippen molar-refractivity contribution >= 4 is 5.97 Å². The summed E-state index contributed by atoms with van der Waals surface area (Å²) in [7, 11) is 1.64. The summed E-state index contributed by atoms with van der Waals surface area (Å²) >= 11 is 0. The number of rotatable bonds is 5. The lowest BCUT2D eigenvalue weighted by molar-refractivity contribution is -0.145. The molecule has 0 spiro atoms. The van der Waals surface area contributed by atoms with Crippen LogP contribution in [0.15, 0.2) is 42.6 Å². The van der Waals surface area contributed by atoms with Gasteiger partial charge in [0.05, 0.1) is 18.8 Å². The Balaban J connectivity index is 2.15. The fourth-order valence-electron chi connectivity index (χ4n) is 3.69. The molecule has 5 nitrogen and oxygen atoms in total. The topological polar surface area (TPSA) is 62.7 Å². The summed E-state index contributed by atoms with van der Waals surface area (Å²) in [6.07, 6.45) is 4.35. The van der Waals surface area contributed by atoms with Gasteiger partial charge in [-0.1, -0.05) is 30.7 Å². The second-order valence-electron chi connectivity index (χ2n) is 6.44. The Morgan fingerprint density at radius 3 is 2.80 bits per heavy atom. The third-order valence-electron chi connectivity index (χ3n) is 4.90. The van der Waals surface area contributed by atoms with Crippen molar-refractivity contribution in [3.63, 3.8) is 0 Å². The standard InChI is InChI=1S/C20H24N2O3/c1-14-8-7-12-21-18(14)19(15-9-3-4-11-17(15)25-2)22-13-6-5-10-16(22)20(23)24/h3-4,7-9,11-12,16,19H,5-6,10,13H2,1-2H3,(H,23,24). The number of carboxylic acid groups (broad SMARTS) is 1. The Morgan fingerprint density at radius 1 is 1.28 bits per heavy atom. The van der Waals surface area contributed by atoms with Crippen LogP contribution < -0.4 is 4.74 Å². The number of aromatic nitrogens is 1. The van der Waals surface area contributed by atoms with Gasteiger partial charge in [-0.15, -0.1) is 0 Å². The van der Waals surface area contributed by atoms with Crippen LogP contribution in [-0.2, 0) is 4.79 Å². The van der Waals surface area contributed by atoms with E-state index in [2.05, 4.69) is 9.88 Å². The molecular weight excluding hydrogens is 316 g/mol. The molecule has 1 fully saturated rings. The first-order valence-corrected chi connectivity index (χ1v) is 8.66. The van der Waals surface area contributed by atoms with E-state index < -0.39 is 12.0 Å². The SMILES string of the molecule is COc1ccccc1C(c1ncccc1C)N1CCCCC1C(=O)O. The third kappa shape index (κ3) is 3.51. The average molecular weight is 340 g/mol. The number of benzene rings is 1. The molecule has 0 radical (unpaired) electrons. The molecular formula is C20H24N2O3. The molecule has 2 aromatic rings. The zero-order valence-corrected chi connectivity index (χ0v) is 14.7. The van der Waals surface area contributed by atoms with Crippen molar-refractivity contribution in [2.75, 3.05) is 13.7 Å². The summed E-state index contributed by atoms with van der Waals surface area (Å²) in [5, 5.41) is 9.75. The van der Waals surface area contributed by atoms with Gasteiger partial charge < -0.3 is 9.84 Å². The number of ether oxygens (including phenoxy) is 1. The van der Waals surface area contributed by atoms with E-state index >= 15 is 0 Å². The maximum atomic E-state index is 11.9. The molecule has 0 aliphatic carbocycles. The second kappa shape index (κ2) is 7.66. The first-order valence-electron chi connectivity index (χ1n) is 8.66. The Kier molecular flexibility index (Phi) is 5.34. The maximum Gasteiger partial charge on any atom is 0.320 e. The number of carboxylic acids is 1. The number of piperidine rings is 1. The van der Waals surface area contributed by atoms with Crippen LogP contribution in [-0.4, -0.2) is 40.7 Å². The molecule has 1 N–H and O–H groups in total. The highest BCUT2D eigenvalue weighted by Crippen LogP contribution is 2.38. The lowest BCUT2D eigenvalue weighted by Gasteiger charge is -2.39. The van der Waals surface area contributed by atoms with Gasteiger partial charge in [0.1, 0.15) is 11.8 Å². The van der Waals surface area contributed by atoms with E-state index in [4.69, 9.17) is 4.74 Å². The summed E-state index contributed by atoms with van der Waals surface area (Å²) in [5.41, 5.74) is 2.90. The van der Waals surface area contributed by atoms with Crippen molar-refractivity contribution in [2.45, 2.75) is 38.3 Å². The zero-order chi connectivity index (χ0) is 17.8. The van der Waals surface area contributed by atoms with E-state index in [9.17, 15) is 9.90 Å². The van der Waals surface area contributed by atoms with Gasteiger partial charge in [0.15, 0.2) is 0 Å². The van der Waals surface area contributed by atoms with E-state index in [-0.39, 0.29) is 6.04 Å². The van der Waals surface area contributed by atoms with Gasteiger partial charge in [-0.05, 0) is 44.0 Å². The summed E-state index contributed by atoms with van der Waals surface area (Å²) in [4.78, 5) is 18.6. The van der Waals surface area contributed by atoms with Crippen molar-refractivity contribution < 1.29 is 14.6 Å². The minimum atomic E-state index is -0.770. The Morgan fingerprint density at radius 2 is 2.08 bits per heavy atom. The normalized spacial score (nSPS) is 19.4. The molecule has 1 aliphatic rings. The number of para-hydroxylation sites is 1. The maximum absolute atomic E-state index is 11.9. The molecule has 3 rings (SSSR count). The number of hydrogen-bond donors (Lipinski definition) is 1. The first-order chi connectivity index (χ1) is 12.1. The number of nitrogens with zero attached hydrogens (tertiary/aromatic N) is 2. The van der Waals surface area contributed by atoms with Crippen LogP contribution in [0.4, 0.5) is 0 Å². The number of hydrogen-bond acceptors (Lipinski definition) is 4. The Labute approximate surface area is 148 Å². The van der Waals surface area contributed by atoms with Crippen molar-refractivity contribution in [3.8, 4) is 5.75 Å². The van der Waals surface area contributed by atoms with Gasteiger partial charge in [0.2, 0.25) is 0 Å². The summed E-state index contributed by atoms with van der Waals surface area (Å²) in [6.45, 7) is 2.75. The number of aliphatic carboxylic acids is 1. The molecule has 2 heterocycles. The highest BCUT2D eigenvalue weighted by molar-refractivity contribution is 5.73. The van der Waals surface area contributed by atoms with E-state index in [0.717, 1.165) is 42.0 Å². The quantitative estimate of drug-likeness (QED) is 0.903. The van der Waals surface area contributed by atoms with Crippen molar-refractivity contribution in [1.29, 1.82) is 0 Å². The number of carbonyl (C=O) groups is 1. The van der Waals surface area contributed by atoms with E-state index in [0.29, 0.717) is 6.42 Å². The van der Waals surface area contributed by atoms with Crippen LogP contribution in [0.1, 0.15) is 42.1 Å². The van der Waals surface area contributed by atoms with Crippen molar-refractivity contribution in [1.82, 2.24) is 9.88 Å². The monoisotopic (exact) mass is 340 g/mol. The molecule has 1 aromatic carbocycles. The smallest absolute Gasteiger partial charge is 0.320 e. The van der Waals surface area contributed by atoms with E-state index in [1.54, 1.807) is 13.3 Å². The molecule has 25 heavy (non-hydrogen) atoms. The number of likely N-dealkylation sites (tertiary alicyclic amines) is 1. The van der Waals surface area contributed by atoms with Gasteiger partial charge in [0, 0.05) is 11.8 Å². The predicted octanol–water partition coefficient (Wildman–Crippen LogP) is 3.43. The summed E-state index contributed by atoms with van der Waals surface area (Å²) in [5.74, 6) is -0.0135. The van der Waals surface area contributed by atoms with E-state index in [1.165, 1.54) is 0 Å². The Hall–Kier alpha value is -2.40. The summed E-state index contributed by atoms with van der Waals surface area (Å²) < 4.78 is 5.57. The van der Waals surface area contributed by atoms with Crippen LogP contribution in [0.25, 0.3) is 0 Å². The van der Waals surface area contributed by atoms with Gasteiger partial charge >= 0.3 is 5.97 Å². The highest BCUT2D eigenvalue weighted by atomic mass is 16.5. The molecule has 132 valence electrons. The zero-order valence-electron chi connectivity index (χ0n) is 14.7. The largest absolute Gasteiger partial charge is 0.496 e. The number of aryl methyl sites for hydroxylation is 1. The minimum absolute atomic E-state index is 0.237. The molecule has 2 unspecified atom stereocenters. The lowest BCUT2D eigenvalue weighted by Crippen LogP contribution is -2.47. The van der Waals surface area contributed by atoms with Crippen molar-refractivity contribution in [2.24, 2.45) is 0 Å². The molecule has 1 saturated heterocycles. The molecule has 1 aromatic heterocycles. The Bertz CT molecular complexity index is 747. The first kappa shape index (κ1) is 17.4. The van der Waals surface area contributed by atoms with Gasteiger partial charge in [0.25, 0.3) is 0 Å². The van der Waals surface area contributed by atoms with Crippen LogP contribution >= 0.6 is 0 Å². The predicted molar refractivity (Wildman–Crippen MR) is 95.8 cm³/mol.